The van der Waals surface area contributed by atoms with E-state index in [1.165, 1.54) is 0 Å². The van der Waals surface area contributed by atoms with Crippen LogP contribution in [0, 0.1) is 5.41 Å². The van der Waals surface area contributed by atoms with Crippen molar-refractivity contribution in [2.24, 2.45) is 5.41 Å². The summed E-state index contributed by atoms with van der Waals surface area (Å²) < 4.78 is 0. The lowest BCUT2D eigenvalue weighted by molar-refractivity contribution is -0.139. The molecule has 1 aromatic heterocycles. The zero-order chi connectivity index (χ0) is 19.6. The molecule has 146 valence electrons. The Hall–Kier alpha value is -2.89. The number of pyridine rings is 1. The van der Waals surface area contributed by atoms with Gasteiger partial charge in [0, 0.05) is 37.7 Å². The fraction of sp³-hybridized carbons (Fsp3) is 0.409. The van der Waals surface area contributed by atoms with Crippen molar-refractivity contribution in [3.63, 3.8) is 0 Å². The quantitative estimate of drug-likeness (QED) is 0.890. The van der Waals surface area contributed by atoms with Crippen LogP contribution in [-0.4, -0.2) is 51.3 Å². The van der Waals surface area contributed by atoms with Crippen LogP contribution in [0.4, 0.5) is 0 Å². The summed E-state index contributed by atoms with van der Waals surface area (Å²) in [6.07, 6.45) is 4.96. The van der Waals surface area contributed by atoms with Crippen molar-refractivity contribution in [3.8, 4) is 5.75 Å². The number of piperidine rings is 2. The smallest absolute Gasteiger partial charge is 0.257 e. The monoisotopic (exact) mass is 379 g/mol. The second-order valence-corrected chi connectivity index (χ2v) is 7.92. The van der Waals surface area contributed by atoms with Crippen LogP contribution in [0.1, 0.15) is 41.7 Å². The number of para-hydroxylation sites is 1. The van der Waals surface area contributed by atoms with Crippen LogP contribution in [0.15, 0.2) is 48.7 Å². The summed E-state index contributed by atoms with van der Waals surface area (Å²) in [7, 11) is 0. The number of hydrogen-bond acceptors (Lipinski definition) is 4. The van der Waals surface area contributed by atoms with E-state index in [1.54, 1.807) is 30.5 Å². The highest BCUT2D eigenvalue weighted by molar-refractivity contribution is 5.96. The summed E-state index contributed by atoms with van der Waals surface area (Å²) in [4.78, 5) is 33.5. The highest BCUT2D eigenvalue weighted by Gasteiger charge is 2.43. The fourth-order valence-corrected chi connectivity index (χ4v) is 4.47. The average molecular weight is 379 g/mol. The van der Waals surface area contributed by atoms with Gasteiger partial charge in [-0.05, 0) is 43.5 Å². The molecule has 28 heavy (non-hydrogen) atoms. The first-order chi connectivity index (χ1) is 13.6. The van der Waals surface area contributed by atoms with Crippen LogP contribution in [-0.2, 0) is 11.3 Å². The molecule has 2 aliphatic heterocycles. The van der Waals surface area contributed by atoms with Crippen molar-refractivity contribution in [2.45, 2.75) is 32.2 Å². The first kappa shape index (κ1) is 18.5. The molecule has 3 heterocycles. The van der Waals surface area contributed by atoms with E-state index < -0.39 is 0 Å². The van der Waals surface area contributed by atoms with Crippen LogP contribution in [0.2, 0.25) is 0 Å². The predicted octanol–water partition coefficient (Wildman–Crippen LogP) is 2.83. The van der Waals surface area contributed by atoms with Crippen molar-refractivity contribution in [1.82, 2.24) is 14.8 Å². The minimum absolute atomic E-state index is 0.0164. The van der Waals surface area contributed by atoms with Gasteiger partial charge in [0.1, 0.15) is 5.75 Å². The lowest BCUT2D eigenvalue weighted by Gasteiger charge is -2.48. The van der Waals surface area contributed by atoms with Gasteiger partial charge in [0.15, 0.2) is 0 Å². The van der Waals surface area contributed by atoms with Crippen molar-refractivity contribution in [3.05, 3.63) is 59.9 Å². The second kappa shape index (κ2) is 7.62. The molecule has 1 spiro atoms. The standard InChI is InChI=1S/C22H25N3O3/c26-19-8-2-1-7-18(19)21(28)24-13-5-10-22(15-24)11-9-20(27)25(16-22)14-17-6-3-4-12-23-17/h1-4,6-8,12,26H,5,9-11,13-16H2. The van der Waals surface area contributed by atoms with Crippen LogP contribution < -0.4 is 0 Å². The summed E-state index contributed by atoms with van der Waals surface area (Å²) in [5.74, 6) is 0.0357. The Bertz CT molecular complexity index is 870. The third kappa shape index (κ3) is 3.72. The third-order valence-electron chi connectivity index (χ3n) is 5.91. The van der Waals surface area contributed by atoms with Gasteiger partial charge in [-0.3, -0.25) is 14.6 Å². The Labute approximate surface area is 164 Å². The van der Waals surface area contributed by atoms with E-state index in [1.807, 2.05) is 28.0 Å². The summed E-state index contributed by atoms with van der Waals surface area (Å²) >= 11 is 0. The molecule has 6 heteroatoms. The maximum absolute atomic E-state index is 13.0. The van der Waals surface area contributed by atoms with Crippen LogP contribution in [0.5, 0.6) is 5.75 Å². The zero-order valence-electron chi connectivity index (χ0n) is 15.9. The van der Waals surface area contributed by atoms with Gasteiger partial charge in [-0.25, -0.2) is 0 Å². The first-order valence-corrected chi connectivity index (χ1v) is 9.81. The molecule has 0 bridgehead atoms. The van der Waals surface area contributed by atoms with Crippen molar-refractivity contribution >= 4 is 11.8 Å². The van der Waals surface area contributed by atoms with E-state index in [-0.39, 0.29) is 23.0 Å². The molecule has 6 nitrogen and oxygen atoms in total. The molecule has 2 saturated heterocycles. The lowest BCUT2D eigenvalue weighted by Crippen LogP contribution is -2.54. The van der Waals surface area contributed by atoms with Crippen LogP contribution >= 0.6 is 0 Å². The Morgan fingerprint density at radius 1 is 1.11 bits per heavy atom. The molecule has 1 atom stereocenters. The lowest BCUT2D eigenvalue weighted by atomic mass is 9.73. The van der Waals surface area contributed by atoms with Gasteiger partial charge in [-0.15, -0.1) is 0 Å². The topological polar surface area (TPSA) is 73.7 Å². The molecule has 1 N–H and O–H groups in total. The Balaban J connectivity index is 1.50. The third-order valence-corrected chi connectivity index (χ3v) is 5.91. The Morgan fingerprint density at radius 3 is 2.71 bits per heavy atom. The summed E-state index contributed by atoms with van der Waals surface area (Å²) in [6.45, 7) is 2.46. The van der Waals surface area contributed by atoms with E-state index in [0.29, 0.717) is 38.2 Å². The maximum Gasteiger partial charge on any atom is 0.257 e. The molecular weight excluding hydrogens is 354 g/mol. The van der Waals surface area contributed by atoms with E-state index in [2.05, 4.69) is 4.98 Å². The van der Waals surface area contributed by atoms with Gasteiger partial charge in [-0.1, -0.05) is 18.2 Å². The molecule has 1 aromatic carbocycles. The molecule has 0 aliphatic carbocycles. The molecule has 0 radical (unpaired) electrons. The van der Waals surface area contributed by atoms with Crippen molar-refractivity contribution in [1.29, 1.82) is 0 Å². The number of carbonyl (C=O) groups is 2. The number of benzene rings is 1. The molecule has 2 aliphatic rings. The number of aromatic nitrogens is 1. The minimum atomic E-state index is -0.134. The zero-order valence-corrected chi connectivity index (χ0v) is 15.9. The predicted molar refractivity (Wildman–Crippen MR) is 105 cm³/mol. The minimum Gasteiger partial charge on any atom is -0.507 e. The van der Waals surface area contributed by atoms with E-state index in [9.17, 15) is 14.7 Å². The number of hydrogen-bond donors (Lipinski definition) is 1. The number of phenolic OH excluding ortho intramolecular Hbond substituents is 1. The number of carbonyl (C=O) groups excluding carboxylic acids is 2. The fourth-order valence-electron chi connectivity index (χ4n) is 4.47. The molecule has 0 saturated carbocycles. The van der Waals surface area contributed by atoms with Gasteiger partial charge in [0.25, 0.3) is 5.91 Å². The first-order valence-electron chi connectivity index (χ1n) is 9.81. The number of rotatable bonds is 3. The number of nitrogens with zero attached hydrogens (tertiary/aromatic N) is 3. The molecule has 2 fully saturated rings. The number of amides is 2. The molecule has 2 amide bonds. The van der Waals surface area contributed by atoms with Gasteiger partial charge >= 0.3 is 0 Å². The average Bonchev–Trinajstić information content (AvgIpc) is 2.72. The largest absolute Gasteiger partial charge is 0.507 e. The molecule has 4 rings (SSSR count). The van der Waals surface area contributed by atoms with Crippen molar-refractivity contribution < 1.29 is 14.7 Å². The SMILES string of the molecule is O=C1CCC2(CCCN(C(=O)c3ccccc3O)C2)CN1Cc1ccccn1. The normalized spacial score (nSPS) is 22.5. The Morgan fingerprint density at radius 2 is 1.93 bits per heavy atom. The van der Waals surface area contributed by atoms with Crippen LogP contribution in [0.3, 0.4) is 0 Å². The van der Waals surface area contributed by atoms with Gasteiger partial charge in [0.2, 0.25) is 5.91 Å². The highest BCUT2D eigenvalue weighted by Crippen LogP contribution is 2.40. The van der Waals surface area contributed by atoms with Crippen LogP contribution in [0.25, 0.3) is 0 Å². The molecular formula is C22H25N3O3. The number of likely N-dealkylation sites (tertiary alicyclic amines) is 2. The van der Waals surface area contributed by atoms with E-state index in [0.717, 1.165) is 25.0 Å². The number of phenols is 1. The molecule has 2 aromatic rings. The highest BCUT2D eigenvalue weighted by atomic mass is 16.3. The summed E-state index contributed by atoms with van der Waals surface area (Å²) in [6, 6.07) is 12.4. The molecule has 1 unspecified atom stereocenters. The van der Waals surface area contributed by atoms with Gasteiger partial charge < -0.3 is 14.9 Å². The van der Waals surface area contributed by atoms with Crippen molar-refractivity contribution in [2.75, 3.05) is 19.6 Å². The van der Waals surface area contributed by atoms with Gasteiger partial charge in [-0.2, -0.15) is 0 Å². The number of aromatic hydroxyl groups is 1. The van der Waals surface area contributed by atoms with E-state index >= 15 is 0 Å². The maximum atomic E-state index is 13.0. The second-order valence-electron chi connectivity index (χ2n) is 7.92. The summed E-state index contributed by atoms with van der Waals surface area (Å²) in [5, 5.41) is 10.0. The van der Waals surface area contributed by atoms with Gasteiger partial charge in [0.05, 0.1) is 17.8 Å². The summed E-state index contributed by atoms with van der Waals surface area (Å²) in [5.41, 5.74) is 1.14. The van der Waals surface area contributed by atoms with E-state index in [4.69, 9.17) is 0 Å². The Kier molecular flexibility index (Phi) is 5.03.